The van der Waals surface area contributed by atoms with Crippen LogP contribution in [0.5, 0.6) is 0 Å². The van der Waals surface area contributed by atoms with E-state index in [0.717, 1.165) is 26.1 Å². The molecule has 5 heteroatoms. The second kappa shape index (κ2) is 6.50. The second-order valence-corrected chi connectivity index (χ2v) is 6.08. The van der Waals surface area contributed by atoms with E-state index in [4.69, 9.17) is 0 Å². The zero-order valence-electron chi connectivity index (χ0n) is 12.1. The fourth-order valence-corrected chi connectivity index (χ4v) is 2.38. The number of rotatable bonds is 5. The Morgan fingerprint density at radius 3 is 2.72 bits per heavy atom. The first-order chi connectivity index (χ1) is 8.33. The lowest BCUT2D eigenvalue weighted by molar-refractivity contribution is -0.142. The summed E-state index contributed by atoms with van der Waals surface area (Å²) < 4.78 is 0. The van der Waals surface area contributed by atoms with Gasteiger partial charge in [-0.2, -0.15) is 0 Å². The molecule has 106 valence electrons. The van der Waals surface area contributed by atoms with Crippen molar-refractivity contribution in [2.45, 2.75) is 25.8 Å². The maximum Gasteiger partial charge on any atom is 0.309 e. The molecule has 0 amide bonds. The van der Waals surface area contributed by atoms with Crippen LogP contribution in [0.3, 0.4) is 0 Å². The van der Waals surface area contributed by atoms with Crippen LogP contribution in [0.1, 0.15) is 20.3 Å². The van der Waals surface area contributed by atoms with Crippen molar-refractivity contribution in [2.24, 2.45) is 5.92 Å². The summed E-state index contributed by atoms with van der Waals surface area (Å²) in [6, 6.07) is 0. The van der Waals surface area contributed by atoms with Crippen molar-refractivity contribution in [3.05, 3.63) is 0 Å². The molecule has 0 radical (unpaired) electrons. The van der Waals surface area contributed by atoms with Crippen LogP contribution in [-0.4, -0.2) is 73.2 Å². The van der Waals surface area contributed by atoms with Crippen LogP contribution in [-0.2, 0) is 4.79 Å². The quantitative estimate of drug-likeness (QED) is 0.743. The summed E-state index contributed by atoms with van der Waals surface area (Å²) in [7, 11) is 4.13. The van der Waals surface area contributed by atoms with Crippen LogP contribution < -0.4 is 5.32 Å². The van der Waals surface area contributed by atoms with Gasteiger partial charge in [0.25, 0.3) is 0 Å². The van der Waals surface area contributed by atoms with Gasteiger partial charge in [-0.05, 0) is 47.5 Å². The number of nitrogens with zero attached hydrogens (tertiary/aromatic N) is 2. The molecule has 18 heavy (non-hydrogen) atoms. The lowest BCUT2D eigenvalue weighted by atomic mass is 10.0. The van der Waals surface area contributed by atoms with Crippen LogP contribution in [0, 0.1) is 5.92 Å². The third-order valence-corrected chi connectivity index (χ3v) is 3.63. The molecule has 0 aromatic heterocycles. The van der Waals surface area contributed by atoms with E-state index < -0.39 is 5.97 Å². The summed E-state index contributed by atoms with van der Waals surface area (Å²) in [6.07, 6.45) is 1.07. The molecular formula is C13H27N3O2. The van der Waals surface area contributed by atoms with Crippen molar-refractivity contribution in [3.8, 4) is 0 Å². The van der Waals surface area contributed by atoms with Crippen LogP contribution in [0.4, 0.5) is 0 Å². The van der Waals surface area contributed by atoms with Crippen molar-refractivity contribution in [3.63, 3.8) is 0 Å². The average Bonchev–Trinajstić information content (AvgIpc) is 2.38. The Bertz CT molecular complexity index is 279. The van der Waals surface area contributed by atoms with Crippen molar-refractivity contribution >= 4 is 5.97 Å². The van der Waals surface area contributed by atoms with E-state index in [1.54, 1.807) is 0 Å². The summed E-state index contributed by atoms with van der Waals surface area (Å²) in [5.41, 5.74) is 0.0243. The van der Waals surface area contributed by atoms with Gasteiger partial charge < -0.3 is 15.3 Å². The molecular weight excluding hydrogens is 230 g/mol. The van der Waals surface area contributed by atoms with E-state index >= 15 is 0 Å². The fourth-order valence-electron chi connectivity index (χ4n) is 2.38. The third kappa shape index (κ3) is 4.55. The first kappa shape index (κ1) is 15.4. The molecule has 1 fully saturated rings. The van der Waals surface area contributed by atoms with E-state index in [1.807, 2.05) is 0 Å². The van der Waals surface area contributed by atoms with Gasteiger partial charge in [0.2, 0.25) is 0 Å². The van der Waals surface area contributed by atoms with Crippen LogP contribution in [0.25, 0.3) is 0 Å². The number of carboxylic acids is 1. The molecule has 1 atom stereocenters. The number of nitrogens with one attached hydrogen (secondary N) is 1. The molecule has 1 rings (SSSR count). The fraction of sp³-hybridized carbons (Fsp3) is 0.923. The SMILES string of the molecule is CN(C)CCCN1CC(C(=O)O)CNCC1(C)C. The Labute approximate surface area is 110 Å². The van der Waals surface area contributed by atoms with Crippen molar-refractivity contribution in [1.29, 1.82) is 0 Å². The zero-order valence-corrected chi connectivity index (χ0v) is 12.1. The first-order valence-corrected chi connectivity index (χ1v) is 6.66. The van der Waals surface area contributed by atoms with Gasteiger partial charge in [0.1, 0.15) is 0 Å². The molecule has 0 saturated carbocycles. The molecule has 0 spiro atoms. The Morgan fingerprint density at radius 1 is 1.50 bits per heavy atom. The second-order valence-electron chi connectivity index (χ2n) is 6.08. The molecule has 1 aliphatic heterocycles. The Kier molecular flexibility index (Phi) is 5.56. The molecule has 0 aromatic carbocycles. The predicted molar refractivity (Wildman–Crippen MR) is 72.8 cm³/mol. The van der Waals surface area contributed by atoms with Gasteiger partial charge in [0.05, 0.1) is 5.92 Å². The molecule has 5 nitrogen and oxygen atoms in total. The van der Waals surface area contributed by atoms with Crippen LogP contribution >= 0.6 is 0 Å². The van der Waals surface area contributed by atoms with Crippen molar-refractivity contribution in [1.82, 2.24) is 15.1 Å². The van der Waals surface area contributed by atoms with E-state index in [1.165, 1.54) is 0 Å². The van der Waals surface area contributed by atoms with Gasteiger partial charge in [-0.3, -0.25) is 9.69 Å². The van der Waals surface area contributed by atoms with E-state index in [2.05, 4.69) is 43.1 Å². The third-order valence-electron chi connectivity index (χ3n) is 3.63. The predicted octanol–water partition coefficient (Wildman–Crippen LogP) is 0.323. The summed E-state index contributed by atoms with van der Waals surface area (Å²) in [4.78, 5) is 15.7. The molecule has 0 aromatic rings. The van der Waals surface area contributed by atoms with E-state index in [-0.39, 0.29) is 11.5 Å². The summed E-state index contributed by atoms with van der Waals surface area (Å²) in [5.74, 6) is -0.996. The van der Waals surface area contributed by atoms with E-state index in [9.17, 15) is 9.90 Å². The maximum absolute atomic E-state index is 11.2. The number of aliphatic carboxylic acids is 1. The summed E-state index contributed by atoms with van der Waals surface area (Å²) >= 11 is 0. The van der Waals surface area contributed by atoms with Crippen LogP contribution in [0.2, 0.25) is 0 Å². The minimum atomic E-state index is -0.696. The van der Waals surface area contributed by atoms with Gasteiger partial charge in [0.15, 0.2) is 0 Å². The summed E-state index contributed by atoms with van der Waals surface area (Å²) in [6.45, 7) is 8.42. The normalized spacial score (nSPS) is 25.1. The number of hydrogen-bond donors (Lipinski definition) is 2. The first-order valence-electron chi connectivity index (χ1n) is 6.66. The number of carbonyl (C=O) groups is 1. The zero-order chi connectivity index (χ0) is 13.8. The van der Waals surface area contributed by atoms with Crippen LogP contribution in [0.15, 0.2) is 0 Å². The standard InChI is InChI=1S/C13H27N3O2/c1-13(2)10-14-8-11(12(17)18)9-16(13)7-5-6-15(3)4/h11,14H,5-10H2,1-4H3,(H,17,18). The topological polar surface area (TPSA) is 55.8 Å². The highest BCUT2D eigenvalue weighted by Crippen LogP contribution is 2.19. The molecule has 2 N–H and O–H groups in total. The largest absolute Gasteiger partial charge is 0.481 e. The van der Waals surface area contributed by atoms with Gasteiger partial charge in [-0.15, -0.1) is 0 Å². The van der Waals surface area contributed by atoms with Gasteiger partial charge in [0, 0.05) is 25.2 Å². The highest BCUT2D eigenvalue weighted by molar-refractivity contribution is 5.70. The average molecular weight is 257 g/mol. The summed E-state index contributed by atoms with van der Waals surface area (Å²) in [5, 5.41) is 12.5. The lowest BCUT2D eigenvalue weighted by Crippen LogP contribution is -2.49. The minimum absolute atomic E-state index is 0.0243. The molecule has 1 saturated heterocycles. The monoisotopic (exact) mass is 257 g/mol. The lowest BCUT2D eigenvalue weighted by Gasteiger charge is -2.37. The Hall–Kier alpha value is -0.650. The molecule has 1 heterocycles. The minimum Gasteiger partial charge on any atom is -0.481 e. The number of carboxylic acid groups (broad SMARTS) is 1. The van der Waals surface area contributed by atoms with Crippen molar-refractivity contribution in [2.75, 3.05) is 46.8 Å². The Balaban J connectivity index is 2.59. The van der Waals surface area contributed by atoms with Gasteiger partial charge in [-0.1, -0.05) is 0 Å². The van der Waals surface area contributed by atoms with Gasteiger partial charge >= 0.3 is 5.97 Å². The van der Waals surface area contributed by atoms with Gasteiger partial charge in [-0.25, -0.2) is 0 Å². The maximum atomic E-state index is 11.2. The van der Waals surface area contributed by atoms with Crippen molar-refractivity contribution < 1.29 is 9.90 Å². The Morgan fingerprint density at radius 2 is 2.17 bits per heavy atom. The highest BCUT2D eigenvalue weighted by Gasteiger charge is 2.33. The molecule has 0 aliphatic carbocycles. The molecule has 1 aliphatic rings. The smallest absolute Gasteiger partial charge is 0.309 e. The highest BCUT2D eigenvalue weighted by atomic mass is 16.4. The molecule has 0 bridgehead atoms. The van der Waals surface area contributed by atoms with E-state index in [0.29, 0.717) is 13.1 Å². The molecule has 1 unspecified atom stereocenters. The number of hydrogen-bond acceptors (Lipinski definition) is 4.